The van der Waals surface area contributed by atoms with Gasteiger partial charge in [-0.1, -0.05) is 41.9 Å². The highest BCUT2D eigenvalue weighted by Gasteiger charge is 2.35. The monoisotopic (exact) mass is 329 g/mol. The van der Waals surface area contributed by atoms with Gasteiger partial charge in [-0.2, -0.15) is 0 Å². The highest BCUT2D eigenvalue weighted by molar-refractivity contribution is 6.30. The first-order valence-corrected chi connectivity index (χ1v) is 8.22. The van der Waals surface area contributed by atoms with Crippen molar-refractivity contribution in [2.75, 3.05) is 20.1 Å². The largest absolute Gasteiger partial charge is 0.426 e. The number of ether oxygens (including phenoxy) is 1. The molecule has 0 aromatic heterocycles. The van der Waals surface area contributed by atoms with Gasteiger partial charge in [0.15, 0.2) is 0 Å². The molecule has 0 radical (unpaired) electrons. The van der Waals surface area contributed by atoms with Gasteiger partial charge in [0, 0.05) is 11.6 Å². The van der Waals surface area contributed by atoms with Crippen LogP contribution in [0.25, 0.3) is 0 Å². The van der Waals surface area contributed by atoms with Crippen molar-refractivity contribution in [1.29, 1.82) is 0 Å². The van der Waals surface area contributed by atoms with Gasteiger partial charge in [-0.05, 0) is 55.8 Å². The van der Waals surface area contributed by atoms with Gasteiger partial charge in [0.05, 0.1) is 5.92 Å². The van der Waals surface area contributed by atoms with Crippen molar-refractivity contribution in [3.05, 3.63) is 65.2 Å². The third kappa shape index (κ3) is 3.92. The topological polar surface area (TPSA) is 29.5 Å². The van der Waals surface area contributed by atoms with Crippen LogP contribution in [-0.2, 0) is 4.79 Å². The first kappa shape index (κ1) is 16.0. The van der Waals surface area contributed by atoms with Crippen molar-refractivity contribution >= 4 is 17.6 Å². The van der Waals surface area contributed by atoms with Crippen LogP contribution in [0.2, 0.25) is 5.02 Å². The zero-order valence-corrected chi connectivity index (χ0v) is 13.9. The number of nitrogens with zero attached hydrogens (tertiary/aromatic N) is 1. The summed E-state index contributed by atoms with van der Waals surface area (Å²) in [5.74, 6) is 0.429. The average Bonchev–Trinajstić information content (AvgIpc) is 2.56. The molecule has 2 aromatic carbocycles. The maximum Gasteiger partial charge on any atom is 0.316 e. The number of rotatable bonds is 3. The van der Waals surface area contributed by atoms with E-state index in [1.807, 2.05) is 61.6 Å². The zero-order chi connectivity index (χ0) is 16.2. The van der Waals surface area contributed by atoms with E-state index in [1.54, 1.807) is 0 Å². The number of esters is 1. The molecule has 2 atom stereocenters. The van der Waals surface area contributed by atoms with Crippen LogP contribution in [0.4, 0.5) is 0 Å². The van der Waals surface area contributed by atoms with Crippen LogP contribution in [0.1, 0.15) is 17.9 Å². The van der Waals surface area contributed by atoms with Crippen LogP contribution in [0.5, 0.6) is 5.75 Å². The Bertz CT molecular complexity index is 657. The molecule has 0 aliphatic carbocycles. The molecule has 1 saturated heterocycles. The molecule has 0 N–H and O–H groups in total. The molecule has 0 bridgehead atoms. The molecule has 1 heterocycles. The third-order valence-electron chi connectivity index (χ3n) is 4.38. The molecule has 0 spiro atoms. The Labute approximate surface area is 141 Å². The smallest absolute Gasteiger partial charge is 0.316 e. The van der Waals surface area contributed by atoms with E-state index in [0.717, 1.165) is 18.5 Å². The Morgan fingerprint density at radius 1 is 1.13 bits per heavy atom. The lowest BCUT2D eigenvalue weighted by Gasteiger charge is -2.35. The number of hydrogen-bond donors (Lipinski definition) is 0. The number of benzene rings is 2. The SMILES string of the molecule is CN1CC[C@H](c2ccc(Cl)cc2)[C@H](C(=O)Oc2ccccc2)C1. The van der Waals surface area contributed by atoms with Crippen LogP contribution < -0.4 is 4.74 Å². The minimum absolute atomic E-state index is 0.164. The summed E-state index contributed by atoms with van der Waals surface area (Å²) in [6, 6.07) is 17.1. The van der Waals surface area contributed by atoms with Crippen LogP contribution in [0, 0.1) is 5.92 Å². The number of para-hydroxylation sites is 1. The van der Waals surface area contributed by atoms with Gasteiger partial charge in [-0.25, -0.2) is 0 Å². The van der Waals surface area contributed by atoms with Gasteiger partial charge in [-0.15, -0.1) is 0 Å². The van der Waals surface area contributed by atoms with E-state index in [9.17, 15) is 4.79 Å². The van der Waals surface area contributed by atoms with E-state index in [0.29, 0.717) is 17.3 Å². The van der Waals surface area contributed by atoms with E-state index >= 15 is 0 Å². The summed E-state index contributed by atoms with van der Waals surface area (Å²) < 4.78 is 5.59. The maximum atomic E-state index is 12.7. The summed E-state index contributed by atoms with van der Waals surface area (Å²) in [5, 5.41) is 0.713. The molecule has 1 aliphatic rings. The Morgan fingerprint density at radius 2 is 1.83 bits per heavy atom. The maximum absolute atomic E-state index is 12.7. The Hall–Kier alpha value is -1.84. The van der Waals surface area contributed by atoms with E-state index in [2.05, 4.69) is 4.90 Å². The lowest BCUT2D eigenvalue weighted by Crippen LogP contribution is -2.42. The Morgan fingerprint density at radius 3 is 2.52 bits per heavy atom. The number of likely N-dealkylation sites (tertiary alicyclic amines) is 1. The highest BCUT2D eigenvalue weighted by atomic mass is 35.5. The minimum Gasteiger partial charge on any atom is -0.426 e. The summed E-state index contributed by atoms with van der Waals surface area (Å²) in [5.41, 5.74) is 1.15. The van der Waals surface area contributed by atoms with Crippen molar-refractivity contribution in [3.8, 4) is 5.75 Å². The molecule has 4 heteroatoms. The number of carbonyl (C=O) groups is 1. The number of carbonyl (C=O) groups excluding carboxylic acids is 1. The summed E-state index contributed by atoms with van der Waals surface area (Å²) in [6.07, 6.45) is 0.937. The van der Waals surface area contributed by atoms with Crippen LogP contribution in [-0.4, -0.2) is 31.0 Å². The lowest BCUT2D eigenvalue weighted by atomic mass is 9.80. The molecule has 3 rings (SSSR count). The number of piperidine rings is 1. The van der Waals surface area contributed by atoms with Gasteiger partial charge in [0.1, 0.15) is 5.75 Å². The zero-order valence-electron chi connectivity index (χ0n) is 13.1. The van der Waals surface area contributed by atoms with Crippen molar-refractivity contribution in [3.63, 3.8) is 0 Å². The van der Waals surface area contributed by atoms with E-state index < -0.39 is 0 Å². The molecular formula is C19H20ClNO2. The molecular weight excluding hydrogens is 310 g/mol. The Kier molecular flexibility index (Phi) is 4.99. The van der Waals surface area contributed by atoms with E-state index in [-0.39, 0.29) is 17.8 Å². The van der Waals surface area contributed by atoms with Crippen molar-refractivity contribution in [1.82, 2.24) is 4.90 Å². The summed E-state index contributed by atoms with van der Waals surface area (Å²) >= 11 is 5.98. The normalized spacial score (nSPS) is 21.8. The van der Waals surface area contributed by atoms with Crippen LogP contribution in [0.15, 0.2) is 54.6 Å². The molecule has 120 valence electrons. The molecule has 0 amide bonds. The number of halogens is 1. The molecule has 2 aromatic rings. The third-order valence-corrected chi connectivity index (χ3v) is 4.63. The molecule has 23 heavy (non-hydrogen) atoms. The average molecular weight is 330 g/mol. The second-order valence-corrected chi connectivity index (χ2v) is 6.49. The quantitative estimate of drug-likeness (QED) is 0.630. The minimum atomic E-state index is -0.171. The van der Waals surface area contributed by atoms with Gasteiger partial charge in [-0.3, -0.25) is 4.79 Å². The predicted molar refractivity (Wildman–Crippen MR) is 91.9 cm³/mol. The fraction of sp³-hybridized carbons (Fsp3) is 0.316. The van der Waals surface area contributed by atoms with Crippen LogP contribution >= 0.6 is 11.6 Å². The lowest BCUT2D eigenvalue weighted by molar-refractivity contribution is -0.141. The van der Waals surface area contributed by atoms with Gasteiger partial charge >= 0.3 is 5.97 Å². The first-order chi connectivity index (χ1) is 11.1. The van der Waals surface area contributed by atoms with Crippen molar-refractivity contribution < 1.29 is 9.53 Å². The summed E-state index contributed by atoms with van der Waals surface area (Å²) in [7, 11) is 2.04. The second-order valence-electron chi connectivity index (χ2n) is 6.05. The molecule has 3 nitrogen and oxygen atoms in total. The molecule has 1 fully saturated rings. The summed E-state index contributed by atoms with van der Waals surface area (Å²) in [6.45, 7) is 1.68. The van der Waals surface area contributed by atoms with Crippen LogP contribution in [0.3, 0.4) is 0 Å². The predicted octanol–water partition coefficient (Wildman–Crippen LogP) is 3.98. The number of hydrogen-bond acceptors (Lipinski definition) is 3. The van der Waals surface area contributed by atoms with Crippen molar-refractivity contribution in [2.45, 2.75) is 12.3 Å². The van der Waals surface area contributed by atoms with E-state index in [4.69, 9.17) is 16.3 Å². The fourth-order valence-electron chi connectivity index (χ4n) is 3.14. The highest BCUT2D eigenvalue weighted by Crippen LogP contribution is 2.34. The van der Waals surface area contributed by atoms with E-state index in [1.165, 1.54) is 0 Å². The fourth-order valence-corrected chi connectivity index (χ4v) is 3.27. The van der Waals surface area contributed by atoms with Gasteiger partial charge < -0.3 is 9.64 Å². The van der Waals surface area contributed by atoms with Gasteiger partial charge in [0.25, 0.3) is 0 Å². The van der Waals surface area contributed by atoms with Crippen molar-refractivity contribution in [2.24, 2.45) is 5.92 Å². The molecule has 1 aliphatic heterocycles. The first-order valence-electron chi connectivity index (χ1n) is 7.84. The standard InChI is InChI=1S/C19H20ClNO2/c1-21-12-11-17(14-7-9-15(20)10-8-14)18(13-21)19(22)23-16-5-3-2-4-6-16/h2-10,17-18H,11-13H2,1H3/t17-,18-/m1/s1. The van der Waals surface area contributed by atoms with Gasteiger partial charge in [0.2, 0.25) is 0 Å². The molecule has 0 saturated carbocycles. The Balaban J connectivity index is 1.80. The molecule has 0 unspecified atom stereocenters. The second kappa shape index (κ2) is 7.16. The summed E-state index contributed by atoms with van der Waals surface area (Å²) in [4.78, 5) is 14.9.